The summed E-state index contributed by atoms with van der Waals surface area (Å²) in [7, 11) is -0.211. The Bertz CT molecular complexity index is 755. The molecule has 2 amide bonds. The van der Waals surface area contributed by atoms with Gasteiger partial charge in [-0.25, -0.2) is 0 Å². The van der Waals surface area contributed by atoms with Crippen LogP contribution in [0, 0.1) is 0 Å². The lowest BCUT2D eigenvalue weighted by molar-refractivity contribution is -0.160. The number of rotatable bonds is 6. The van der Waals surface area contributed by atoms with E-state index in [2.05, 4.69) is 5.32 Å². The molecule has 1 fully saturated rings. The molecule has 156 valence electrons. The Balaban J connectivity index is 2.23. The lowest BCUT2D eigenvalue weighted by Gasteiger charge is -2.48. The molecule has 0 radical (unpaired) electrons. The van der Waals surface area contributed by atoms with Crippen LogP contribution in [0.25, 0.3) is 0 Å². The lowest BCUT2D eigenvalue weighted by Crippen LogP contribution is -2.69. The highest BCUT2D eigenvalue weighted by molar-refractivity contribution is 7.86. The topological polar surface area (TPSA) is 128 Å². The molecule has 1 saturated heterocycles. The highest BCUT2D eigenvalue weighted by atomic mass is 32.2. The van der Waals surface area contributed by atoms with Crippen molar-refractivity contribution in [3.05, 3.63) is 11.3 Å². The molecule has 2 aliphatic rings. The van der Waals surface area contributed by atoms with Gasteiger partial charge in [-0.15, -0.1) is 0 Å². The van der Waals surface area contributed by atoms with E-state index in [9.17, 15) is 23.4 Å². The minimum Gasteiger partial charge on any atom is -0.461 e. The second kappa shape index (κ2) is 8.39. The van der Waals surface area contributed by atoms with Crippen molar-refractivity contribution in [1.82, 2.24) is 10.2 Å². The predicted octanol–water partition coefficient (Wildman–Crippen LogP) is -0.793. The summed E-state index contributed by atoms with van der Waals surface area (Å²) < 4.78 is 27.6. The fourth-order valence-electron chi connectivity index (χ4n) is 2.83. The molecule has 0 spiro atoms. The minimum atomic E-state index is -1.53. The molecule has 0 aromatic heterocycles. The van der Waals surface area contributed by atoms with Gasteiger partial charge in [-0.2, -0.15) is 0 Å². The fourth-order valence-corrected chi connectivity index (χ4v) is 4.51. The number of ether oxygens (including phenoxy) is 3. The van der Waals surface area contributed by atoms with Crippen LogP contribution in [-0.4, -0.2) is 76.0 Å². The molecule has 0 aromatic carbocycles. The van der Waals surface area contributed by atoms with Gasteiger partial charge in [0.05, 0.1) is 16.6 Å². The largest absolute Gasteiger partial charge is 0.461 e. The fraction of sp³-hybridized carbons (Fsp3) is 0.647. The number of hydrogen-bond donors (Lipinski definition) is 1. The predicted molar refractivity (Wildman–Crippen MR) is 97.0 cm³/mol. The van der Waals surface area contributed by atoms with Gasteiger partial charge in [-0.1, -0.05) is 0 Å². The van der Waals surface area contributed by atoms with Gasteiger partial charge in [-0.05, 0) is 20.8 Å². The zero-order valence-electron chi connectivity index (χ0n) is 16.4. The summed E-state index contributed by atoms with van der Waals surface area (Å²) in [5, 5.41) is 1.60. The van der Waals surface area contributed by atoms with Gasteiger partial charge in [-0.3, -0.25) is 28.3 Å². The van der Waals surface area contributed by atoms with Crippen molar-refractivity contribution < 1.29 is 37.6 Å². The van der Waals surface area contributed by atoms with Gasteiger partial charge in [0.25, 0.3) is 11.8 Å². The van der Waals surface area contributed by atoms with Crippen molar-refractivity contribution in [3.8, 4) is 0 Å². The van der Waals surface area contributed by atoms with Gasteiger partial charge in [0.1, 0.15) is 29.8 Å². The number of fused-ring (bicyclic) bond motifs is 1. The number of esters is 2. The van der Waals surface area contributed by atoms with Crippen LogP contribution >= 0.6 is 0 Å². The van der Waals surface area contributed by atoms with E-state index >= 15 is 0 Å². The Labute approximate surface area is 165 Å². The van der Waals surface area contributed by atoms with Crippen LogP contribution in [0.2, 0.25) is 0 Å². The Morgan fingerprint density at radius 3 is 2.46 bits per heavy atom. The summed E-state index contributed by atoms with van der Waals surface area (Å²) in [4.78, 5) is 49.1. The first kappa shape index (κ1) is 22.0. The molecule has 0 bridgehead atoms. The number of carbonyl (C=O) groups excluding carboxylic acids is 4. The standard InChI is InChI=1S/C17H24N2O8S/c1-9(20)26-7-10-8-28(24)16-13(25-5)15(23)19(16)12(10)14(22)18-6-11(21)27-17(2,3)4/h13,16H,6-8H2,1-5H3,(H,18,22)/t13-,16?,28?/m0/s1. The number of carbonyl (C=O) groups is 4. The molecule has 2 unspecified atom stereocenters. The van der Waals surface area contributed by atoms with Crippen molar-refractivity contribution in [1.29, 1.82) is 0 Å². The smallest absolute Gasteiger partial charge is 0.325 e. The number of amides is 2. The van der Waals surface area contributed by atoms with Gasteiger partial charge in [0, 0.05) is 19.6 Å². The van der Waals surface area contributed by atoms with Gasteiger partial charge in [0.15, 0.2) is 6.10 Å². The van der Waals surface area contributed by atoms with E-state index < -0.39 is 58.2 Å². The van der Waals surface area contributed by atoms with Crippen molar-refractivity contribution in [3.63, 3.8) is 0 Å². The number of nitrogens with zero attached hydrogens (tertiary/aromatic N) is 1. The monoisotopic (exact) mass is 416 g/mol. The highest BCUT2D eigenvalue weighted by Crippen LogP contribution is 2.36. The van der Waals surface area contributed by atoms with E-state index in [4.69, 9.17) is 14.2 Å². The van der Waals surface area contributed by atoms with Gasteiger partial charge >= 0.3 is 11.9 Å². The molecule has 10 nitrogen and oxygen atoms in total. The van der Waals surface area contributed by atoms with E-state index in [-0.39, 0.29) is 23.6 Å². The average Bonchev–Trinajstić information content (AvgIpc) is 2.56. The molecule has 2 rings (SSSR count). The first-order chi connectivity index (χ1) is 13.0. The molecule has 2 aliphatic heterocycles. The zero-order chi connectivity index (χ0) is 21.2. The molecule has 1 N–H and O–H groups in total. The Morgan fingerprint density at radius 2 is 1.93 bits per heavy atom. The molecule has 0 saturated carbocycles. The third-order valence-corrected chi connectivity index (χ3v) is 5.52. The third kappa shape index (κ3) is 4.76. The van der Waals surface area contributed by atoms with Crippen LogP contribution in [0.15, 0.2) is 11.3 Å². The van der Waals surface area contributed by atoms with E-state index in [1.807, 2.05) is 0 Å². The Hall–Kier alpha value is -2.27. The van der Waals surface area contributed by atoms with Crippen molar-refractivity contribution >= 4 is 34.6 Å². The van der Waals surface area contributed by atoms with Crippen LogP contribution in [-0.2, 0) is 44.2 Å². The van der Waals surface area contributed by atoms with Crippen molar-refractivity contribution in [2.45, 2.75) is 44.8 Å². The van der Waals surface area contributed by atoms with Crippen LogP contribution < -0.4 is 5.32 Å². The average molecular weight is 416 g/mol. The molecule has 3 atom stereocenters. The van der Waals surface area contributed by atoms with Gasteiger partial charge < -0.3 is 19.5 Å². The Kier molecular flexibility index (Phi) is 6.60. The molecule has 28 heavy (non-hydrogen) atoms. The lowest BCUT2D eigenvalue weighted by atomic mass is 10.0. The number of methoxy groups -OCH3 is 1. The zero-order valence-corrected chi connectivity index (χ0v) is 17.2. The van der Waals surface area contributed by atoms with E-state index in [1.165, 1.54) is 14.0 Å². The highest BCUT2D eigenvalue weighted by Gasteiger charge is 2.57. The second-order valence-electron chi connectivity index (χ2n) is 7.28. The maximum absolute atomic E-state index is 12.7. The number of nitrogens with one attached hydrogen (secondary N) is 1. The number of β-lactam (4-membered cyclic amide) rings is 1. The third-order valence-electron chi connectivity index (χ3n) is 3.89. The number of hydrogen-bond acceptors (Lipinski definition) is 8. The first-order valence-corrected chi connectivity index (χ1v) is 9.93. The van der Waals surface area contributed by atoms with Gasteiger partial charge in [0.2, 0.25) is 0 Å². The second-order valence-corrected chi connectivity index (χ2v) is 8.81. The quantitative estimate of drug-likeness (QED) is 0.441. The van der Waals surface area contributed by atoms with E-state index in [0.717, 1.165) is 4.90 Å². The normalized spacial score (nSPS) is 24.2. The molecule has 2 heterocycles. The summed E-state index contributed by atoms with van der Waals surface area (Å²) in [5.41, 5.74) is -0.560. The van der Waals surface area contributed by atoms with Crippen LogP contribution in [0.4, 0.5) is 0 Å². The van der Waals surface area contributed by atoms with Crippen LogP contribution in [0.1, 0.15) is 27.7 Å². The summed E-state index contributed by atoms with van der Waals surface area (Å²) >= 11 is 0. The molecular weight excluding hydrogens is 392 g/mol. The Morgan fingerprint density at radius 1 is 1.29 bits per heavy atom. The maximum atomic E-state index is 12.7. The SMILES string of the molecule is CO[C@H]1C(=O)N2C(C(=O)NCC(=O)OC(C)(C)C)=C(COC(C)=O)CS(=O)C12. The van der Waals surface area contributed by atoms with Crippen LogP contribution in [0.3, 0.4) is 0 Å². The van der Waals surface area contributed by atoms with Crippen molar-refractivity contribution in [2.24, 2.45) is 0 Å². The summed E-state index contributed by atoms with van der Waals surface area (Å²) in [6.07, 6.45) is -0.912. The van der Waals surface area contributed by atoms with E-state index in [1.54, 1.807) is 20.8 Å². The molecule has 0 aromatic rings. The minimum absolute atomic E-state index is 0.0588. The molecule has 11 heteroatoms. The summed E-state index contributed by atoms with van der Waals surface area (Å²) in [5.74, 6) is -2.54. The van der Waals surface area contributed by atoms with Crippen LogP contribution in [0.5, 0.6) is 0 Å². The van der Waals surface area contributed by atoms with Crippen molar-refractivity contribution in [2.75, 3.05) is 26.0 Å². The first-order valence-electron chi connectivity index (χ1n) is 8.54. The summed E-state index contributed by atoms with van der Waals surface area (Å²) in [6.45, 7) is 5.57. The van der Waals surface area contributed by atoms with E-state index in [0.29, 0.717) is 0 Å². The molecular formula is C17H24N2O8S. The maximum Gasteiger partial charge on any atom is 0.325 e. The summed E-state index contributed by atoms with van der Waals surface area (Å²) in [6, 6.07) is 0. The molecule has 0 aliphatic carbocycles.